The lowest BCUT2D eigenvalue weighted by Gasteiger charge is -2.17. The second-order valence-corrected chi connectivity index (χ2v) is 7.09. The topological polar surface area (TPSA) is 64.2 Å². The van der Waals surface area contributed by atoms with E-state index in [0.29, 0.717) is 17.5 Å². The molecule has 2 aromatic heterocycles. The number of carbonyl (C=O) groups excluding carboxylic acids is 1. The Morgan fingerprint density at radius 2 is 2.09 bits per heavy atom. The van der Waals surface area contributed by atoms with Gasteiger partial charge in [-0.2, -0.15) is 0 Å². The third kappa shape index (κ3) is 3.71. The molecule has 0 fully saturated rings. The van der Waals surface area contributed by atoms with E-state index in [-0.39, 0.29) is 11.2 Å². The van der Waals surface area contributed by atoms with Gasteiger partial charge in [-0.1, -0.05) is 25.6 Å². The zero-order chi connectivity index (χ0) is 16.3. The van der Waals surface area contributed by atoms with Crippen molar-refractivity contribution in [2.75, 3.05) is 14.1 Å². The molecule has 0 saturated heterocycles. The number of rotatable bonds is 6. The van der Waals surface area contributed by atoms with Gasteiger partial charge in [0.05, 0.1) is 11.5 Å². The average molecular weight is 322 g/mol. The van der Waals surface area contributed by atoms with Crippen LogP contribution in [0.15, 0.2) is 28.0 Å². The summed E-state index contributed by atoms with van der Waals surface area (Å²) in [5.74, 6) is 1.88. The fraction of sp³-hybridized carbons (Fsp3) is 0.533. The van der Waals surface area contributed by atoms with Crippen LogP contribution in [0.5, 0.6) is 0 Å². The van der Waals surface area contributed by atoms with Crippen molar-refractivity contribution in [1.82, 2.24) is 19.7 Å². The Morgan fingerprint density at radius 1 is 1.36 bits per heavy atom. The van der Waals surface area contributed by atoms with E-state index < -0.39 is 0 Å². The van der Waals surface area contributed by atoms with Crippen molar-refractivity contribution in [1.29, 1.82) is 0 Å². The molecule has 7 heteroatoms. The van der Waals surface area contributed by atoms with Crippen molar-refractivity contribution in [3.8, 4) is 11.6 Å². The van der Waals surface area contributed by atoms with Crippen LogP contribution in [0.2, 0.25) is 0 Å². The minimum atomic E-state index is -0.213. The summed E-state index contributed by atoms with van der Waals surface area (Å²) in [7, 11) is 3.51. The second kappa shape index (κ2) is 7.00. The highest BCUT2D eigenvalue weighted by Gasteiger charge is 2.22. The summed E-state index contributed by atoms with van der Waals surface area (Å²) in [5.41, 5.74) is 0. The van der Waals surface area contributed by atoms with Crippen molar-refractivity contribution in [2.45, 2.75) is 37.7 Å². The zero-order valence-corrected chi connectivity index (χ0v) is 14.4. The number of amides is 1. The number of hydrogen-bond acceptors (Lipinski definition) is 5. The first-order chi connectivity index (χ1) is 10.4. The largest absolute Gasteiger partial charge is 0.461 e. The molecule has 0 radical (unpaired) electrons. The van der Waals surface area contributed by atoms with Gasteiger partial charge >= 0.3 is 0 Å². The van der Waals surface area contributed by atoms with Gasteiger partial charge in [0.2, 0.25) is 5.91 Å². The molecule has 2 heterocycles. The Morgan fingerprint density at radius 3 is 2.64 bits per heavy atom. The van der Waals surface area contributed by atoms with E-state index in [1.54, 1.807) is 25.3 Å². The number of aromatic nitrogens is 3. The molecule has 1 amide bonds. The highest BCUT2D eigenvalue weighted by molar-refractivity contribution is 8.00. The second-order valence-electron chi connectivity index (χ2n) is 5.78. The number of nitrogens with zero attached hydrogens (tertiary/aromatic N) is 4. The molecular weight excluding hydrogens is 300 g/mol. The first-order valence-electron chi connectivity index (χ1n) is 7.25. The quantitative estimate of drug-likeness (QED) is 0.765. The Hall–Kier alpha value is -1.76. The molecule has 0 bridgehead atoms. The van der Waals surface area contributed by atoms with E-state index in [2.05, 4.69) is 24.0 Å². The van der Waals surface area contributed by atoms with Gasteiger partial charge in [0.1, 0.15) is 0 Å². The molecule has 0 aliphatic carbocycles. The molecule has 2 rings (SSSR count). The molecule has 2 aromatic rings. The lowest BCUT2D eigenvalue weighted by Crippen LogP contribution is -2.29. The number of hydrogen-bond donors (Lipinski definition) is 0. The molecule has 120 valence electrons. The molecule has 0 aromatic carbocycles. The standard InChI is InChI=1S/C15H22N4O2S/c1-10(2)9-19-13(12-7-6-8-21-12)16-17-15(19)22-11(3)14(20)18(4)5/h6-8,10-11H,9H2,1-5H3. The summed E-state index contributed by atoms with van der Waals surface area (Å²) in [6.07, 6.45) is 1.62. The van der Waals surface area contributed by atoms with Crippen LogP contribution < -0.4 is 0 Å². The zero-order valence-electron chi connectivity index (χ0n) is 13.6. The Labute approximate surface area is 134 Å². The minimum Gasteiger partial charge on any atom is -0.461 e. The maximum atomic E-state index is 12.0. The molecular formula is C15H22N4O2S. The van der Waals surface area contributed by atoms with Gasteiger partial charge in [-0.15, -0.1) is 10.2 Å². The van der Waals surface area contributed by atoms with Crippen molar-refractivity contribution in [2.24, 2.45) is 5.92 Å². The molecule has 6 nitrogen and oxygen atoms in total. The van der Waals surface area contributed by atoms with E-state index >= 15 is 0 Å². The summed E-state index contributed by atoms with van der Waals surface area (Å²) >= 11 is 1.42. The molecule has 0 aliphatic heterocycles. The van der Waals surface area contributed by atoms with Crippen molar-refractivity contribution in [3.63, 3.8) is 0 Å². The maximum absolute atomic E-state index is 12.0. The van der Waals surface area contributed by atoms with Crippen molar-refractivity contribution in [3.05, 3.63) is 18.4 Å². The lowest BCUT2D eigenvalue weighted by atomic mass is 10.2. The molecule has 1 atom stereocenters. The summed E-state index contributed by atoms with van der Waals surface area (Å²) in [5, 5.41) is 9.02. The van der Waals surface area contributed by atoms with Crippen LogP contribution in [0.4, 0.5) is 0 Å². The normalized spacial score (nSPS) is 12.6. The summed E-state index contributed by atoms with van der Waals surface area (Å²) in [4.78, 5) is 13.6. The molecule has 0 spiro atoms. The third-order valence-corrected chi connectivity index (χ3v) is 4.14. The van der Waals surface area contributed by atoms with Gasteiger partial charge in [-0.25, -0.2) is 0 Å². The molecule has 0 aliphatic rings. The van der Waals surface area contributed by atoms with Gasteiger partial charge in [0.15, 0.2) is 16.7 Å². The summed E-state index contributed by atoms with van der Waals surface area (Å²) in [6, 6.07) is 3.69. The monoisotopic (exact) mass is 322 g/mol. The van der Waals surface area contributed by atoms with E-state index in [1.807, 2.05) is 23.6 Å². The SMILES string of the molecule is CC(C)Cn1c(SC(C)C(=O)N(C)C)nnc1-c1ccco1. The predicted octanol–water partition coefficient (Wildman–Crippen LogP) is 2.76. The fourth-order valence-corrected chi connectivity index (χ4v) is 3.07. The lowest BCUT2D eigenvalue weighted by molar-refractivity contribution is -0.127. The highest BCUT2D eigenvalue weighted by Crippen LogP contribution is 2.28. The summed E-state index contributed by atoms with van der Waals surface area (Å²) in [6.45, 7) is 6.92. The Balaban J connectivity index is 2.29. The van der Waals surface area contributed by atoms with Crippen molar-refractivity contribution < 1.29 is 9.21 Å². The number of carbonyl (C=O) groups is 1. The van der Waals surface area contributed by atoms with E-state index in [4.69, 9.17) is 4.42 Å². The van der Waals surface area contributed by atoms with Crippen LogP contribution in [0.1, 0.15) is 20.8 Å². The minimum absolute atomic E-state index is 0.0589. The first kappa shape index (κ1) is 16.6. The number of thioether (sulfide) groups is 1. The van der Waals surface area contributed by atoms with Crippen LogP contribution in [-0.2, 0) is 11.3 Å². The smallest absolute Gasteiger partial charge is 0.235 e. The van der Waals surface area contributed by atoms with Crippen LogP contribution in [0, 0.1) is 5.92 Å². The molecule has 1 unspecified atom stereocenters. The highest BCUT2D eigenvalue weighted by atomic mass is 32.2. The summed E-state index contributed by atoms with van der Waals surface area (Å²) < 4.78 is 7.46. The number of furan rings is 1. The third-order valence-electron chi connectivity index (χ3n) is 3.08. The van der Waals surface area contributed by atoms with Gasteiger partial charge in [0.25, 0.3) is 0 Å². The maximum Gasteiger partial charge on any atom is 0.235 e. The van der Waals surface area contributed by atoms with Crippen LogP contribution in [0.3, 0.4) is 0 Å². The Kier molecular flexibility index (Phi) is 5.28. The van der Waals surface area contributed by atoms with Gasteiger partial charge in [-0.05, 0) is 25.0 Å². The van der Waals surface area contributed by atoms with E-state index in [0.717, 1.165) is 11.7 Å². The predicted molar refractivity (Wildman–Crippen MR) is 86.6 cm³/mol. The molecule has 0 N–H and O–H groups in total. The van der Waals surface area contributed by atoms with Crippen molar-refractivity contribution >= 4 is 17.7 Å². The average Bonchev–Trinajstić information content (AvgIpc) is 3.07. The first-order valence-corrected chi connectivity index (χ1v) is 8.13. The van der Waals surface area contributed by atoms with Crippen LogP contribution in [0.25, 0.3) is 11.6 Å². The van der Waals surface area contributed by atoms with Gasteiger partial charge in [0, 0.05) is 20.6 Å². The van der Waals surface area contributed by atoms with E-state index in [9.17, 15) is 4.79 Å². The molecule has 22 heavy (non-hydrogen) atoms. The fourth-order valence-electron chi connectivity index (χ4n) is 2.07. The van der Waals surface area contributed by atoms with Gasteiger partial charge < -0.3 is 9.32 Å². The molecule has 0 saturated carbocycles. The van der Waals surface area contributed by atoms with Crippen LogP contribution >= 0.6 is 11.8 Å². The van der Waals surface area contributed by atoms with E-state index in [1.165, 1.54) is 11.8 Å². The van der Waals surface area contributed by atoms with Crippen LogP contribution in [-0.4, -0.2) is 44.9 Å². The van der Waals surface area contributed by atoms with Gasteiger partial charge in [-0.3, -0.25) is 9.36 Å². The Bertz CT molecular complexity index is 620.